The first kappa shape index (κ1) is 21.6. The van der Waals surface area contributed by atoms with Gasteiger partial charge in [0.1, 0.15) is 12.3 Å². The molecule has 1 amide bonds. The zero-order valence-electron chi connectivity index (χ0n) is 18.9. The first-order valence-electron chi connectivity index (χ1n) is 10.8. The van der Waals surface area contributed by atoms with E-state index in [4.69, 9.17) is 4.74 Å². The van der Waals surface area contributed by atoms with Crippen molar-refractivity contribution in [2.24, 2.45) is 0 Å². The largest absolute Gasteiger partial charge is 0.497 e. The summed E-state index contributed by atoms with van der Waals surface area (Å²) in [5.41, 5.74) is 5.94. The number of rotatable bonds is 7. The zero-order valence-corrected chi connectivity index (χ0v) is 18.9. The Labute approximate surface area is 188 Å². The molecule has 1 N–H and O–H groups in total. The number of hydrogen-bond acceptors (Lipinski definition) is 4. The summed E-state index contributed by atoms with van der Waals surface area (Å²) in [6.07, 6.45) is 2.58. The Balaban J connectivity index is 1.59. The highest BCUT2D eigenvalue weighted by atomic mass is 16.5. The van der Waals surface area contributed by atoms with E-state index in [0.29, 0.717) is 5.65 Å². The van der Waals surface area contributed by atoms with Gasteiger partial charge in [0.15, 0.2) is 5.65 Å². The second kappa shape index (κ2) is 9.22. The second-order valence-corrected chi connectivity index (χ2v) is 7.97. The monoisotopic (exact) mass is 428 g/mol. The van der Waals surface area contributed by atoms with Gasteiger partial charge in [-0.3, -0.25) is 4.79 Å². The van der Waals surface area contributed by atoms with Crippen LogP contribution in [0.5, 0.6) is 5.75 Å². The van der Waals surface area contributed by atoms with Crippen LogP contribution in [0.4, 0.5) is 0 Å². The van der Waals surface area contributed by atoms with Crippen molar-refractivity contribution >= 4 is 16.9 Å². The number of nitrogens with one attached hydrogen (secondary N) is 1. The molecule has 0 aliphatic rings. The Kier molecular flexibility index (Phi) is 6.21. The van der Waals surface area contributed by atoms with E-state index in [0.717, 1.165) is 39.9 Å². The zero-order chi connectivity index (χ0) is 22.7. The number of aromatic nitrogens is 3. The number of methoxy groups -OCH3 is 1. The van der Waals surface area contributed by atoms with E-state index in [-0.39, 0.29) is 18.5 Å². The molecule has 0 bridgehead atoms. The molecule has 0 fully saturated rings. The Morgan fingerprint density at radius 1 is 1.06 bits per heavy atom. The highest BCUT2D eigenvalue weighted by Gasteiger charge is 2.18. The van der Waals surface area contributed by atoms with Crippen molar-refractivity contribution in [1.29, 1.82) is 0 Å². The van der Waals surface area contributed by atoms with Gasteiger partial charge in [0.25, 0.3) is 0 Å². The number of nitrogens with zero attached hydrogens (tertiary/aromatic N) is 3. The molecule has 2 heterocycles. The molecule has 6 nitrogen and oxygen atoms in total. The molecule has 0 saturated heterocycles. The molecule has 1 atom stereocenters. The molecular weight excluding hydrogens is 400 g/mol. The van der Waals surface area contributed by atoms with Gasteiger partial charge in [0, 0.05) is 11.6 Å². The fraction of sp³-hybridized carbons (Fsp3) is 0.269. The van der Waals surface area contributed by atoms with Crippen LogP contribution in [0.3, 0.4) is 0 Å². The lowest BCUT2D eigenvalue weighted by Crippen LogP contribution is -2.31. The molecule has 0 aliphatic carbocycles. The number of aryl methyl sites for hydroxylation is 2. The SMILES string of the molecule is CCC(NC(=O)Cn1nc(C)c2c(-c3ccc(OC)cc3)ccnc21)c1ccc(C)cc1. The number of amides is 1. The van der Waals surface area contributed by atoms with E-state index in [1.54, 1.807) is 18.0 Å². The van der Waals surface area contributed by atoms with E-state index in [2.05, 4.69) is 53.5 Å². The molecule has 1 unspecified atom stereocenters. The van der Waals surface area contributed by atoms with Crippen LogP contribution in [-0.2, 0) is 11.3 Å². The minimum Gasteiger partial charge on any atom is -0.497 e. The topological polar surface area (TPSA) is 69.0 Å². The van der Waals surface area contributed by atoms with Crippen LogP contribution in [-0.4, -0.2) is 27.8 Å². The summed E-state index contributed by atoms with van der Waals surface area (Å²) in [7, 11) is 1.65. The van der Waals surface area contributed by atoms with E-state index in [9.17, 15) is 4.79 Å². The first-order chi connectivity index (χ1) is 15.5. The number of carbonyl (C=O) groups excluding carboxylic acids is 1. The van der Waals surface area contributed by atoms with Gasteiger partial charge in [-0.25, -0.2) is 9.67 Å². The number of pyridine rings is 1. The summed E-state index contributed by atoms with van der Waals surface area (Å²) in [5, 5.41) is 8.73. The van der Waals surface area contributed by atoms with Crippen LogP contribution in [0, 0.1) is 13.8 Å². The summed E-state index contributed by atoms with van der Waals surface area (Å²) >= 11 is 0. The average Bonchev–Trinajstić information content (AvgIpc) is 3.13. The second-order valence-electron chi connectivity index (χ2n) is 7.97. The Hall–Kier alpha value is -3.67. The predicted octanol–water partition coefficient (Wildman–Crippen LogP) is 4.99. The molecule has 0 spiro atoms. The van der Waals surface area contributed by atoms with Gasteiger partial charge in [-0.05, 0) is 55.2 Å². The smallest absolute Gasteiger partial charge is 0.242 e. The Morgan fingerprint density at radius 2 is 1.78 bits per heavy atom. The molecule has 2 aromatic carbocycles. The molecule has 0 aliphatic heterocycles. The minimum atomic E-state index is -0.0847. The van der Waals surface area contributed by atoms with Crippen molar-refractivity contribution in [1.82, 2.24) is 20.1 Å². The highest BCUT2D eigenvalue weighted by Crippen LogP contribution is 2.31. The van der Waals surface area contributed by atoms with Crippen molar-refractivity contribution in [2.45, 2.75) is 39.8 Å². The van der Waals surface area contributed by atoms with Gasteiger partial charge in [-0.15, -0.1) is 0 Å². The predicted molar refractivity (Wildman–Crippen MR) is 127 cm³/mol. The van der Waals surface area contributed by atoms with Crippen molar-refractivity contribution in [3.8, 4) is 16.9 Å². The maximum Gasteiger partial charge on any atom is 0.242 e. The Bertz CT molecular complexity index is 1230. The van der Waals surface area contributed by atoms with Gasteiger partial charge in [0.05, 0.1) is 18.8 Å². The summed E-state index contributed by atoms with van der Waals surface area (Å²) in [6, 6.07) is 18.1. The van der Waals surface area contributed by atoms with Crippen molar-refractivity contribution in [3.05, 3.63) is 77.6 Å². The lowest BCUT2D eigenvalue weighted by atomic mass is 10.0. The number of fused-ring (bicyclic) bond motifs is 1. The van der Waals surface area contributed by atoms with Crippen LogP contribution in [0.15, 0.2) is 60.8 Å². The summed E-state index contributed by atoms with van der Waals surface area (Å²) in [6.45, 7) is 6.20. The van der Waals surface area contributed by atoms with Gasteiger partial charge >= 0.3 is 0 Å². The Morgan fingerprint density at radius 3 is 2.44 bits per heavy atom. The number of ether oxygens (including phenoxy) is 1. The molecule has 4 rings (SSSR count). The van der Waals surface area contributed by atoms with E-state index in [1.165, 1.54) is 5.56 Å². The molecule has 32 heavy (non-hydrogen) atoms. The molecular formula is C26H28N4O2. The molecule has 4 aromatic rings. The van der Waals surface area contributed by atoms with Crippen molar-refractivity contribution < 1.29 is 9.53 Å². The molecule has 0 radical (unpaired) electrons. The van der Waals surface area contributed by atoms with Gasteiger partial charge in [-0.1, -0.05) is 48.9 Å². The maximum atomic E-state index is 12.9. The number of carbonyl (C=O) groups is 1. The summed E-state index contributed by atoms with van der Waals surface area (Å²) in [4.78, 5) is 17.4. The fourth-order valence-electron chi connectivity index (χ4n) is 4.00. The van der Waals surface area contributed by atoms with Crippen LogP contribution in [0.2, 0.25) is 0 Å². The molecule has 2 aromatic heterocycles. The van der Waals surface area contributed by atoms with E-state index < -0.39 is 0 Å². The van der Waals surface area contributed by atoms with Crippen LogP contribution < -0.4 is 10.1 Å². The molecule has 164 valence electrons. The van der Waals surface area contributed by atoms with Crippen LogP contribution in [0.1, 0.15) is 36.2 Å². The standard InChI is InChI=1S/C26H28N4O2/c1-5-23(20-8-6-17(2)7-9-20)28-24(31)16-30-26-25(18(3)29-30)22(14-15-27-26)19-10-12-21(32-4)13-11-19/h6-15,23H,5,16H2,1-4H3,(H,28,31). The summed E-state index contributed by atoms with van der Waals surface area (Å²) in [5.74, 6) is 0.723. The van der Waals surface area contributed by atoms with Crippen molar-refractivity contribution in [2.75, 3.05) is 7.11 Å². The molecule has 0 saturated carbocycles. The third-order valence-electron chi connectivity index (χ3n) is 5.73. The van der Waals surface area contributed by atoms with E-state index in [1.807, 2.05) is 37.3 Å². The number of hydrogen-bond donors (Lipinski definition) is 1. The van der Waals surface area contributed by atoms with Gasteiger partial charge in [0.2, 0.25) is 5.91 Å². The van der Waals surface area contributed by atoms with Crippen molar-refractivity contribution in [3.63, 3.8) is 0 Å². The maximum absolute atomic E-state index is 12.9. The first-order valence-corrected chi connectivity index (χ1v) is 10.8. The van der Waals surface area contributed by atoms with Gasteiger partial charge < -0.3 is 10.1 Å². The molecule has 6 heteroatoms. The van der Waals surface area contributed by atoms with Crippen LogP contribution >= 0.6 is 0 Å². The third kappa shape index (κ3) is 4.35. The normalized spacial score (nSPS) is 12.0. The lowest BCUT2D eigenvalue weighted by Gasteiger charge is -2.18. The van der Waals surface area contributed by atoms with Gasteiger partial charge in [-0.2, -0.15) is 5.10 Å². The quantitative estimate of drug-likeness (QED) is 0.450. The number of benzene rings is 2. The minimum absolute atomic E-state index is 0.0335. The lowest BCUT2D eigenvalue weighted by molar-refractivity contribution is -0.122. The van der Waals surface area contributed by atoms with E-state index >= 15 is 0 Å². The highest BCUT2D eigenvalue weighted by molar-refractivity contribution is 5.95. The fourth-order valence-corrected chi connectivity index (χ4v) is 4.00. The third-order valence-corrected chi connectivity index (χ3v) is 5.73. The average molecular weight is 429 g/mol. The van der Waals surface area contributed by atoms with Crippen LogP contribution in [0.25, 0.3) is 22.2 Å². The summed E-state index contributed by atoms with van der Waals surface area (Å²) < 4.78 is 6.96.